The van der Waals surface area contributed by atoms with E-state index in [1.54, 1.807) is 25.1 Å². The first-order chi connectivity index (χ1) is 15.2. The smallest absolute Gasteiger partial charge is 0.351 e. The summed E-state index contributed by atoms with van der Waals surface area (Å²) in [5, 5.41) is 3.15. The number of rotatable bonds is 7. The van der Waals surface area contributed by atoms with Crippen molar-refractivity contribution in [1.29, 1.82) is 0 Å². The van der Waals surface area contributed by atoms with Crippen molar-refractivity contribution in [2.75, 3.05) is 19.5 Å². The zero-order valence-corrected chi connectivity index (χ0v) is 19.3. The molecule has 1 N–H and O–H groups in total. The summed E-state index contributed by atoms with van der Waals surface area (Å²) in [6.07, 6.45) is -1.16. The summed E-state index contributed by atoms with van der Waals surface area (Å²) in [7, 11) is 3.07. The summed E-state index contributed by atoms with van der Waals surface area (Å²) in [6, 6.07) is 9.13. The van der Waals surface area contributed by atoms with Crippen LogP contribution in [0.2, 0.25) is 5.02 Å². The Kier molecular flexibility index (Phi) is 7.32. The maximum absolute atomic E-state index is 13.9. The van der Waals surface area contributed by atoms with Crippen molar-refractivity contribution in [2.24, 2.45) is 0 Å². The second-order valence-corrected chi connectivity index (χ2v) is 8.10. The molecule has 1 amide bonds. The zero-order chi connectivity index (χ0) is 23.4. The van der Waals surface area contributed by atoms with Crippen molar-refractivity contribution in [1.82, 2.24) is 4.98 Å². The van der Waals surface area contributed by atoms with Crippen LogP contribution in [0.15, 0.2) is 36.4 Å². The number of aryl methyl sites for hydroxylation is 1. The lowest BCUT2D eigenvalue weighted by Gasteiger charge is -2.13. The molecule has 32 heavy (non-hydrogen) atoms. The molecule has 0 saturated heterocycles. The van der Waals surface area contributed by atoms with Crippen LogP contribution in [0.4, 0.5) is 10.1 Å². The van der Waals surface area contributed by atoms with E-state index in [-0.39, 0.29) is 15.6 Å². The molecule has 0 bridgehead atoms. The summed E-state index contributed by atoms with van der Waals surface area (Å²) in [4.78, 5) is 29.7. The third kappa shape index (κ3) is 5.17. The van der Waals surface area contributed by atoms with Crippen molar-refractivity contribution in [3.05, 3.63) is 57.8 Å². The first kappa shape index (κ1) is 23.5. The number of halogens is 2. The molecule has 3 aromatic rings. The second kappa shape index (κ2) is 9.97. The van der Waals surface area contributed by atoms with E-state index in [9.17, 15) is 14.0 Å². The van der Waals surface area contributed by atoms with Crippen LogP contribution in [0.1, 0.15) is 22.3 Å². The van der Waals surface area contributed by atoms with E-state index in [2.05, 4.69) is 10.3 Å². The summed E-state index contributed by atoms with van der Waals surface area (Å²) in [5.41, 5.74) is 1.13. The van der Waals surface area contributed by atoms with E-state index in [4.69, 9.17) is 25.8 Å². The highest BCUT2D eigenvalue weighted by molar-refractivity contribution is 7.17. The monoisotopic (exact) mass is 478 g/mol. The Morgan fingerprint density at radius 3 is 2.50 bits per heavy atom. The second-order valence-electron chi connectivity index (χ2n) is 6.66. The van der Waals surface area contributed by atoms with Crippen molar-refractivity contribution in [2.45, 2.75) is 20.0 Å². The van der Waals surface area contributed by atoms with E-state index >= 15 is 0 Å². The fraction of sp³-hybridized carbons (Fsp3) is 0.227. The van der Waals surface area contributed by atoms with Gasteiger partial charge in [-0.2, -0.15) is 0 Å². The number of amides is 1. The topological polar surface area (TPSA) is 86.8 Å². The molecule has 1 aromatic heterocycles. The maximum Gasteiger partial charge on any atom is 0.351 e. The summed E-state index contributed by atoms with van der Waals surface area (Å²) in [6.45, 7) is 3.07. The van der Waals surface area contributed by atoms with Crippen LogP contribution in [0.25, 0.3) is 10.6 Å². The predicted molar refractivity (Wildman–Crippen MR) is 120 cm³/mol. The molecule has 0 aliphatic heterocycles. The number of nitrogens with zero attached hydrogens (tertiary/aromatic N) is 1. The van der Waals surface area contributed by atoms with Crippen LogP contribution in [-0.2, 0) is 9.53 Å². The van der Waals surface area contributed by atoms with Gasteiger partial charge in [-0.1, -0.05) is 11.6 Å². The fourth-order valence-electron chi connectivity index (χ4n) is 2.77. The number of carbonyl (C=O) groups excluding carboxylic acids is 2. The molecule has 0 radical (unpaired) electrons. The molecule has 168 valence electrons. The van der Waals surface area contributed by atoms with Crippen molar-refractivity contribution < 1.29 is 28.2 Å². The quantitative estimate of drug-likeness (QED) is 0.475. The third-order valence-electron chi connectivity index (χ3n) is 4.45. The first-order valence-corrected chi connectivity index (χ1v) is 10.6. The van der Waals surface area contributed by atoms with Gasteiger partial charge < -0.3 is 19.5 Å². The lowest BCUT2D eigenvalue weighted by atomic mass is 10.2. The highest BCUT2D eigenvalue weighted by Crippen LogP contribution is 2.35. The van der Waals surface area contributed by atoms with E-state index < -0.39 is 23.8 Å². The maximum atomic E-state index is 13.9. The number of esters is 1. The number of methoxy groups -OCH3 is 2. The van der Waals surface area contributed by atoms with E-state index in [0.29, 0.717) is 22.2 Å². The molecular formula is C22H20ClFN2O5S. The molecule has 2 aromatic carbocycles. The number of ether oxygens (including phenoxy) is 3. The average molecular weight is 479 g/mol. The third-order valence-corrected chi connectivity index (χ3v) is 5.88. The molecular weight excluding hydrogens is 459 g/mol. The van der Waals surface area contributed by atoms with Gasteiger partial charge in [-0.05, 0) is 50.2 Å². The summed E-state index contributed by atoms with van der Waals surface area (Å²) >= 11 is 6.83. The van der Waals surface area contributed by atoms with Gasteiger partial charge in [0.25, 0.3) is 5.91 Å². The molecule has 0 aliphatic carbocycles. The van der Waals surface area contributed by atoms with Gasteiger partial charge in [0.2, 0.25) is 0 Å². The van der Waals surface area contributed by atoms with Crippen molar-refractivity contribution in [3.8, 4) is 22.1 Å². The van der Waals surface area contributed by atoms with Crippen molar-refractivity contribution in [3.63, 3.8) is 0 Å². The number of anilines is 1. The van der Waals surface area contributed by atoms with E-state index in [0.717, 1.165) is 23.0 Å². The minimum atomic E-state index is -1.16. The SMILES string of the molecule is COc1ccc(-c2nc(C)c(C(=O)OC(C)C(=O)Nc3ccc(Cl)cc3F)s2)cc1OC. The highest BCUT2D eigenvalue weighted by Gasteiger charge is 2.24. The number of hydrogen-bond acceptors (Lipinski definition) is 7. The molecule has 0 fully saturated rings. The van der Waals surface area contributed by atoms with Gasteiger partial charge in [0.15, 0.2) is 17.6 Å². The number of nitrogens with one attached hydrogen (secondary N) is 1. The van der Waals surface area contributed by atoms with Crippen LogP contribution in [0, 0.1) is 12.7 Å². The van der Waals surface area contributed by atoms with Crippen LogP contribution in [0.3, 0.4) is 0 Å². The fourth-order valence-corrected chi connectivity index (χ4v) is 3.88. The van der Waals surface area contributed by atoms with Gasteiger partial charge in [0, 0.05) is 10.6 Å². The zero-order valence-electron chi connectivity index (χ0n) is 17.7. The number of hydrogen-bond donors (Lipinski definition) is 1. The van der Waals surface area contributed by atoms with Gasteiger partial charge in [-0.15, -0.1) is 11.3 Å². The Morgan fingerprint density at radius 1 is 1.12 bits per heavy atom. The normalized spacial score (nSPS) is 11.6. The lowest BCUT2D eigenvalue weighted by Crippen LogP contribution is -2.30. The van der Waals surface area contributed by atoms with Crippen LogP contribution < -0.4 is 14.8 Å². The Labute approximate surface area is 193 Å². The minimum Gasteiger partial charge on any atom is -0.493 e. The van der Waals surface area contributed by atoms with Crippen LogP contribution >= 0.6 is 22.9 Å². The number of thiazole rings is 1. The Bertz CT molecular complexity index is 1170. The van der Waals surface area contributed by atoms with Gasteiger partial charge in [0.1, 0.15) is 15.7 Å². The molecule has 1 unspecified atom stereocenters. The lowest BCUT2D eigenvalue weighted by molar-refractivity contribution is -0.123. The molecule has 0 saturated carbocycles. The van der Waals surface area contributed by atoms with E-state index in [1.165, 1.54) is 33.3 Å². The summed E-state index contributed by atoms with van der Waals surface area (Å²) in [5.74, 6) is -0.974. The van der Waals surface area contributed by atoms with E-state index in [1.807, 2.05) is 0 Å². The van der Waals surface area contributed by atoms with Gasteiger partial charge in [-0.3, -0.25) is 4.79 Å². The van der Waals surface area contributed by atoms with Gasteiger partial charge >= 0.3 is 5.97 Å². The minimum absolute atomic E-state index is 0.0630. The summed E-state index contributed by atoms with van der Waals surface area (Å²) < 4.78 is 29.7. The predicted octanol–water partition coefficient (Wildman–Crippen LogP) is 5.11. The number of carbonyl (C=O) groups is 2. The molecule has 10 heteroatoms. The highest BCUT2D eigenvalue weighted by atomic mass is 35.5. The average Bonchev–Trinajstić information content (AvgIpc) is 3.16. The molecule has 7 nitrogen and oxygen atoms in total. The number of benzene rings is 2. The van der Waals surface area contributed by atoms with Crippen LogP contribution in [-0.4, -0.2) is 37.2 Å². The Morgan fingerprint density at radius 2 is 1.84 bits per heavy atom. The molecule has 0 spiro atoms. The molecule has 1 heterocycles. The largest absolute Gasteiger partial charge is 0.493 e. The van der Waals surface area contributed by atoms with Crippen molar-refractivity contribution >= 4 is 40.5 Å². The number of aromatic nitrogens is 1. The Balaban J connectivity index is 1.73. The van der Waals surface area contributed by atoms with Crippen LogP contribution in [0.5, 0.6) is 11.5 Å². The van der Waals surface area contributed by atoms with Gasteiger partial charge in [0.05, 0.1) is 25.6 Å². The van der Waals surface area contributed by atoms with Gasteiger partial charge in [-0.25, -0.2) is 14.2 Å². The molecule has 0 aliphatic rings. The first-order valence-electron chi connectivity index (χ1n) is 9.40. The Hall–Kier alpha value is -3.17. The molecule has 1 atom stereocenters. The standard InChI is InChI=1S/C22H20ClFN2O5S/c1-11-19(32-21(25-11)13-5-8-17(29-3)18(9-13)30-4)22(28)31-12(2)20(27)26-16-7-6-14(23)10-15(16)24/h5-10,12H,1-4H3,(H,26,27). The molecule has 3 rings (SSSR count).